The second-order valence-corrected chi connectivity index (χ2v) is 6.95. The van der Waals surface area contributed by atoms with E-state index >= 15 is 0 Å². The average molecular weight is 270 g/mol. The first-order valence-electron chi connectivity index (χ1n) is 6.30. The Morgan fingerprint density at radius 1 is 1.06 bits per heavy atom. The van der Waals surface area contributed by atoms with E-state index in [0.29, 0.717) is 18.3 Å². The Labute approximate surface area is 110 Å². The Hall–Kier alpha value is -0.870. The zero-order valence-corrected chi connectivity index (χ0v) is 12.3. The zero-order valence-electron chi connectivity index (χ0n) is 11.5. The third kappa shape index (κ3) is 4.10. The van der Waals surface area contributed by atoms with E-state index in [4.69, 9.17) is 0 Å². The molecule has 0 radical (unpaired) electrons. The highest BCUT2D eigenvalue weighted by molar-refractivity contribution is 7.85. The fraction of sp³-hybridized carbons (Fsp3) is 0.571. The summed E-state index contributed by atoms with van der Waals surface area (Å²) in [6.45, 7) is 8.28. The fourth-order valence-corrected chi connectivity index (χ4v) is 2.90. The van der Waals surface area contributed by atoms with Gasteiger partial charge in [0.25, 0.3) is 10.1 Å². The summed E-state index contributed by atoms with van der Waals surface area (Å²) in [5.74, 6) is 0.798. The second kappa shape index (κ2) is 5.85. The lowest BCUT2D eigenvalue weighted by Gasteiger charge is -2.16. The van der Waals surface area contributed by atoms with Crippen LogP contribution in [-0.2, 0) is 23.0 Å². The van der Waals surface area contributed by atoms with Crippen LogP contribution >= 0.6 is 0 Å². The van der Waals surface area contributed by atoms with Gasteiger partial charge in [0.15, 0.2) is 0 Å². The van der Waals surface area contributed by atoms with Gasteiger partial charge < -0.3 is 0 Å². The van der Waals surface area contributed by atoms with Crippen LogP contribution in [0.2, 0.25) is 0 Å². The van der Waals surface area contributed by atoms with Crippen LogP contribution in [0.4, 0.5) is 0 Å². The van der Waals surface area contributed by atoms with Crippen molar-refractivity contribution in [2.75, 3.05) is 0 Å². The standard InChI is InChI=1S/C14H22O3S/c1-10(2)8-12-6-5-7-14(18(15,16)17)13(12)9-11(3)4/h5-7,10-11H,8-9H2,1-4H3,(H,15,16,17). The summed E-state index contributed by atoms with van der Waals surface area (Å²) in [5, 5.41) is 0. The van der Waals surface area contributed by atoms with Gasteiger partial charge in [-0.15, -0.1) is 0 Å². The Balaban J connectivity index is 3.35. The van der Waals surface area contributed by atoms with Crippen LogP contribution in [0.3, 0.4) is 0 Å². The summed E-state index contributed by atoms with van der Waals surface area (Å²) in [5.41, 5.74) is 1.79. The molecule has 1 rings (SSSR count). The van der Waals surface area contributed by atoms with Crippen molar-refractivity contribution in [3.05, 3.63) is 29.3 Å². The van der Waals surface area contributed by atoms with E-state index in [-0.39, 0.29) is 4.90 Å². The lowest BCUT2D eigenvalue weighted by atomic mass is 9.93. The molecule has 0 fully saturated rings. The monoisotopic (exact) mass is 270 g/mol. The molecule has 0 bridgehead atoms. The molecule has 18 heavy (non-hydrogen) atoms. The van der Waals surface area contributed by atoms with E-state index in [1.165, 1.54) is 6.07 Å². The Morgan fingerprint density at radius 3 is 2.06 bits per heavy atom. The van der Waals surface area contributed by atoms with E-state index in [0.717, 1.165) is 17.5 Å². The first-order chi connectivity index (χ1) is 8.21. The van der Waals surface area contributed by atoms with E-state index in [9.17, 15) is 13.0 Å². The van der Waals surface area contributed by atoms with Gasteiger partial charge in [-0.05, 0) is 41.9 Å². The molecule has 1 N–H and O–H groups in total. The smallest absolute Gasteiger partial charge is 0.282 e. The quantitative estimate of drug-likeness (QED) is 0.835. The maximum absolute atomic E-state index is 11.4. The van der Waals surface area contributed by atoms with E-state index < -0.39 is 10.1 Å². The molecule has 0 spiro atoms. The van der Waals surface area contributed by atoms with Gasteiger partial charge in [-0.3, -0.25) is 4.55 Å². The molecule has 0 aliphatic heterocycles. The van der Waals surface area contributed by atoms with E-state index in [2.05, 4.69) is 13.8 Å². The maximum atomic E-state index is 11.4. The molecular formula is C14H22O3S. The lowest BCUT2D eigenvalue weighted by molar-refractivity contribution is 0.480. The number of rotatable bonds is 5. The number of benzene rings is 1. The molecule has 0 saturated heterocycles. The molecule has 0 aliphatic carbocycles. The number of hydrogen-bond acceptors (Lipinski definition) is 2. The van der Waals surface area contributed by atoms with Crippen molar-refractivity contribution >= 4 is 10.1 Å². The molecule has 0 aromatic heterocycles. The van der Waals surface area contributed by atoms with Crippen molar-refractivity contribution in [3.63, 3.8) is 0 Å². The zero-order chi connectivity index (χ0) is 13.9. The van der Waals surface area contributed by atoms with Crippen LogP contribution in [0, 0.1) is 11.8 Å². The summed E-state index contributed by atoms with van der Waals surface area (Å²) >= 11 is 0. The van der Waals surface area contributed by atoms with Crippen LogP contribution < -0.4 is 0 Å². The van der Waals surface area contributed by atoms with Gasteiger partial charge in [0.05, 0.1) is 4.90 Å². The average Bonchev–Trinajstić information content (AvgIpc) is 2.17. The number of hydrogen-bond donors (Lipinski definition) is 1. The molecule has 0 aliphatic rings. The molecule has 1 aromatic rings. The molecule has 0 saturated carbocycles. The summed E-state index contributed by atoms with van der Waals surface area (Å²) in [6, 6.07) is 5.13. The van der Waals surface area contributed by atoms with Crippen molar-refractivity contribution in [1.29, 1.82) is 0 Å². The Bertz CT molecular complexity index is 502. The van der Waals surface area contributed by atoms with E-state index in [1.807, 2.05) is 19.9 Å². The normalized spacial score (nSPS) is 12.4. The van der Waals surface area contributed by atoms with Gasteiger partial charge in [0.2, 0.25) is 0 Å². The van der Waals surface area contributed by atoms with Gasteiger partial charge in [0, 0.05) is 0 Å². The SMILES string of the molecule is CC(C)Cc1cccc(S(=O)(=O)O)c1CC(C)C. The van der Waals surface area contributed by atoms with E-state index in [1.54, 1.807) is 6.07 Å². The van der Waals surface area contributed by atoms with Crippen molar-refractivity contribution < 1.29 is 13.0 Å². The molecule has 0 amide bonds. The van der Waals surface area contributed by atoms with Gasteiger partial charge in [-0.1, -0.05) is 39.8 Å². The maximum Gasteiger partial charge on any atom is 0.294 e. The lowest BCUT2D eigenvalue weighted by Crippen LogP contribution is -2.10. The highest BCUT2D eigenvalue weighted by Gasteiger charge is 2.19. The fourth-order valence-electron chi connectivity index (χ4n) is 2.12. The first kappa shape index (κ1) is 15.2. The van der Waals surface area contributed by atoms with Crippen LogP contribution in [0.5, 0.6) is 0 Å². The summed E-state index contributed by atoms with van der Waals surface area (Å²) in [7, 11) is -4.14. The van der Waals surface area contributed by atoms with Crippen molar-refractivity contribution in [1.82, 2.24) is 0 Å². The van der Waals surface area contributed by atoms with Crippen LogP contribution in [0.25, 0.3) is 0 Å². The molecule has 102 valence electrons. The first-order valence-corrected chi connectivity index (χ1v) is 7.74. The molecule has 3 nitrogen and oxygen atoms in total. The van der Waals surface area contributed by atoms with Gasteiger partial charge in [-0.2, -0.15) is 8.42 Å². The van der Waals surface area contributed by atoms with Gasteiger partial charge in [0.1, 0.15) is 0 Å². The molecule has 1 aromatic carbocycles. The predicted octanol–water partition coefficient (Wildman–Crippen LogP) is 3.33. The predicted molar refractivity (Wildman–Crippen MR) is 73.3 cm³/mol. The van der Waals surface area contributed by atoms with Crippen LogP contribution in [0.1, 0.15) is 38.8 Å². The molecule has 0 atom stereocenters. The Morgan fingerprint density at radius 2 is 1.61 bits per heavy atom. The minimum absolute atomic E-state index is 0.0642. The van der Waals surface area contributed by atoms with Crippen molar-refractivity contribution in [3.8, 4) is 0 Å². The third-order valence-corrected chi connectivity index (χ3v) is 3.69. The molecule has 4 heteroatoms. The highest BCUT2D eigenvalue weighted by atomic mass is 32.2. The van der Waals surface area contributed by atoms with Gasteiger partial charge >= 0.3 is 0 Å². The van der Waals surface area contributed by atoms with Crippen molar-refractivity contribution in [2.45, 2.75) is 45.4 Å². The van der Waals surface area contributed by atoms with Crippen LogP contribution in [-0.4, -0.2) is 13.0 Å². The highest BCUT2D eigenvalue weighted by Crippen LogP contribution is 2.25. The summed E-state index contributed by atoms with van der Waals surface area (Å²) < 4.78 is 32.2. The topological polar surface area (TPSA) is 54.4 Å². The van der Waals surface area contributed by atoms with Crippen molar-refractivity contribution in [2.24, 2.45) is 11.8 Å². The van der Waals surface area contributed by atoms with Crippen LogP contribution in [0.15, 0.2) is 23.1 Å². The molecule has 0 heterocycles. The molecular weight excluding hydrogens is 248 g/mol. The largest absolute Gasteiger partial charge is 0.294 e. The Kier molecular flexibility index (Phi) is 4.93. The minimum atomic E-state index is -4.14. The summed E-state index contributed by atoms with van der Waals surface area (Å²) in [4.78, 5) is 0.0642. The molecule has 0 unspecified atom stereocenters. The second-order valence-electron chi connectivity index (χ2n) is 5.56. The minimum Gasteiger partial charge on any atom is -0.282 e. The third-order valence-electron chi connectivity index (χ3n) is 2.75. The van der Waals surface area contributed by atoms with Gasteiger partial charge in [-0.25, -0.2) is 0 Å². The summed E-state index contributed by atoms with van der Waals surface area (Å²) in [6.07, 6.45) is 1.49.